The number of anilines is 1. The molecule has 0 amide bonds. The number of carbonyl (C=O) groups excluding carboxylic acids is 1. The Morgan fingerprint density at radius 1 is 1.38 bits per heavy atom. The van der Waals surface area contributed by atoms with E-state index in [1.807, 2.05) is 0 Å². The van der Waals surface area contributed by atoms with Crippen molar-refractivity contribution in [3.63, 3.8) is 0 Å². The molecule has 1 aliphatic rings. The first-order valence-corrected chi connectivity index (χ1v) is 5.03. The maximum Gasteiger partial charge on any atom is 0.341 e. The van der Waals surface area contributed by atoms with E-state index in [0.717, 1.165) is 31.4 Å². The molecule has 0 unspecified atom stereocenters. The second kappa shape index (κ2) is 4.08. The topological polar surface area (TPSA) is 52.3 Å². The highest BCUT2D eigenvalue weighted by Gasteiger charge is 2.25. The number of hydrogen-bond donors (Lipinski definition) is 1. The average molecular weight is 227 g/mol. The summed E-state index contributed by atoms with van der Waals surface area (Å²) in [5.74, 6) is -2.53. The number of rotatable bonds is 2. The molecule has 2 rings (SSSR count). The van der Waals surface area contributed by atoms with Gasteiger partial charge in [0.1, 0.15) is 17.5 Å². The molecule has 0 aromatic heterocycles. The maximum atomic E-state index is 13.4. The number of nitrogen functional groups attached to an aromatic ring is 1. The van der Waals surface area contributed by atoms with E-state index in [1.54, 1.807) is 0 Å². The molecule has 0 radical (unpaired) electrons. The molecule has 2 N–H and O–H groups in total. The molecule has 1 aromatic carbocycles. The number of hydrogen-bond acceptors (Lipinski definition) is 3. The number of halogens is 2. The third kappa shape index (κ3) is 1.98. The van der Waals surface area contributed by atoms with Gasteiger partial charge in [0.25, 0.3) is 0 Å². The van der Waals surface area contributed by atoms with Gasteiger partial charge in [-0.2, -0.15) is 0 Å². The Labute approximate surface area is 91.2 Å². The van der Waals surface area contributed by atoms with Crippen LogP contribution >= 0.6 is 0 Å². The van der Waals surface area contributed by atoms with Crippen LogP contribution in [-0.2, 0) is 4.74 Å². The molecule has 3 nitrogen and oxygen atoms in total. The van der Waals surface area contributed by atoms with Gasteiger partial charge in [0.05, 0.1) is 5.69 Å². The van der Waals surface area contributed by atoms with Crippen molar-refractivity contribution < 1.29 is 18.3 Å². The number of esters is 1. The fraction of sp³-hybridized carbons (Fsp3) is 0.364. The Kier molecular flexibility index (Phi) is 2.77. The second-order valence-corrected chi connectivity index (χ2v) is 3.81. The van der Waals surface area contributed by atoms with Crippen molar-refractivity contribution in [2.45, 2.75) is 25.4 Å². The van der Waals surface area contributed by atoms with Crippen LogP contribution in [0.5, 0.6) is 0 Å². The predicted octanol–water partition coefficient (Wildman–Crippen LogP) is 2.26. The van der Waals surface area contributed by atoms with Crippen molar-refractivity contribution in [1.29, 1.82) is 0 Å². The van der Waals surface area contributed by atoms with E-state index in [9.17, 15) is 13.6 Å². The van der Waals surface area contributed by atoms with Crippen LogP contribution in [0, 0.1) is 11.6 Å². The van der Waals surface area contributed by atoms with Gasteiger partial charge in [-0.3, -0.25) is 0 Å². The molecule has 1 fully saturated rings. The van der Waals surface area contributed by atoms with Gasteiger partial charge in [0.15, 0.2) is 5.82 Å². The Balaban J connectivity index is 2.21. The van der Waals surface area contributed by atoms with E-state index in [2.05, 4.69) is 0 Å². The summed E-state index contributed by atoms with van der Waals surface area (Å²) in [4.78, 5) is 11.5. The number of nitrogens with two attached hydrogens (primary N) is 1. The van der Waals surface area contributed by atoms with Crippen LogP contribution in [0.1, 0.15) is 29.6 Å². The number of ether oxygens (including phenoxy) is 1. The molecule has 1 saturated carbocycles. The van der Waals surface area contributed by atoms with E-state index in [1.165, 1.54) is 0 Å². The first kappa shape index (κ1) is 10.9. The summed E-state index contributed by atoms with van der Waals surface area (Å²) in [6.07, 6.45) is 2.37. The Morgan fingerprint density at radius 3 is 2.62 bits per heavy atom. The Morgan fingerprint density at radius 2 is 2.06 bits per heavy atom. The van der Waals surface area contributed by atoms with Gasteiger partial charge in [-0.05, 0) is 31.4 Å². The lowest BCUT2D eigenvalue weighted by molar-refractivity contribution is 0.00850. The quantitative estimate of drug-likeness (QED) is 0.622. The van der Waals surface area contributed by atoms with Crippen molar-refractivity contribution in [2.75, 3.05) is 5.73 Å². The van der Waals surface area contributed by atoms with Crippen LogP contribution in [0.3, 0.4) is 0 Å². The summed E-state index contributed by atoms with van der Waals surface area (Å²) >= 11 is 0. The molecule has 0 bridgehead atoms. The highest BCUT2D eigenvalue weighted by atomic mass is 19.1. The fourth-order valence-corrected chi connectivity index (χ4v) is 1.46. The SMILES string of the molecule is Nc1cc(F)cc(C(=O)OC2CCC2)c1F. The van der Waals surface area contributed by atoms with Crippen LogP contribution in [0.4, 0.5) is 14.5 Å². The standard InChI is InChI=1S/C11H11F2NO2/c12-6-4-8(10(13)9(14)5-6)11(15)16-7-2-1-3-7/h4-5,7H,1-3,14H2. The second-order valence-electron chi connectivity index (χ2n) is 3.81. The minimum Gasteiger partial charge on any atom is -0.459 e. The third-order valence-corrected chi connectivity index (χ3v) is 2.61. The maximum absolute atomic E-state index is 13.4. The minimum absolute atomic E-state index is 0.170. The molecular weight excluding hydrogens is 216 g/mol. The molecule has 0 heterocycles. The van der Waals surface area contributed by atoms with Gasteiger partial charge in [-0.1, -0.05) is 0 Å². The lowest BCUT2D eigenvalue weighted by Gasteiger charge is -2.25. The summed E-state index contributed by atoms with van der Waals surface area (Å²) in [5, 5.41) is 0. The first-order chi connectivity index (χ1) is 7.58. The van der Waals surface area contributed by atoms with E-state index in [-0.39, 0.29) is 11.8 Å². The summed E-state index contributed by atoms with van der Waals surface area (Å²) in [7, 11) is 0. The summed E-state index contributed by atoms with van der Waals surface area (Å²) in [6, 6.07) is 1.63. The van der Waals surface area contributed by atoms with E-state index in [0.29, 0.717) is 0 Å². The van der Waals surface area contributed by atoms with Crippen molar-refractivity contribution in [2.24, 2.45) is 0 Å². The van der Waals surface area contributed by atoms with Crippen LogP contribution < -0.4 is 5.73 Å². The molecule has 16 heavy (non-hydrogen) atoms. The van der Waals surface area contributed by atoms with Crippen molar-refractivity contribution in [1.82, 2.24) is 0 Å². The van der Waals surface area contributed by atoms with E-state index < -0.39 is 23.2 Å². The summed E-state index contributed by atoms with van der Waals surface area (Å²) in [5.41, 5.74) is 4.39. The fourth-order valence-electron chi connectivity index (χ4n) is 1.46. The number of benzene rings is 1. The monoisotopic (exact) mass is 227 g/mol. The third-order valence-electron chi connectivity index (χ3n) is 2.61. The Bertz CT molecular complexity index is 430. The molecule has 5 heteroatoms. The highest BCUT2D eigenvalue weighted by Crippen LogP contribution is 2.25. The molecule has 1 aliphatic carbocycles. The lowest BCUT2D eigenvalue weighted by Crippen LogP contribution is -2.25. The van der Waals surface area contributed by atoms with Gasteiger partial charge in [0.2, 0.25) is 0 Å². The molecule has 0 spiro atoms. The van der Waals surface area contributed by atoms with E-state index in [4.69, 9.17) is 10.5 Å². The van der Waals surface area contributed by atoms with Crippen LogP contribution in [0.2, 0.25) is 0 Å². The predicted molar refractivity (Wildman–Crippen MR) is 53.8 cm³/mol. The molecule has 0 aliphatic heterocycles. The number of carbonyl (C=O) groups is 1. The first-order valence-electron chi connectivity index (χ1n) is 5.03. The van der Waals surface area contributed by atoms with Crippen LogP contribution in [0.15, 0.2) is 12.1 Å². The molecular formula is C11H11F2NO2. The summed E-state index contributed by atoms with van der Waals surface area (Å²) < 4.78 is 31.3. The Hall–Kier alpha value is -1.65. The van der Waals surface area contributed by atoms with Gasteiger partial charge < -0.3 is 10.5 Å². The highest BCUT2D eigenvalue weighted by molar-refractivity contribution is 5.91. The van der Waals surface area contributed by atoms with Gasteiger partial charge in [0, 0.05) is 0 Å². The minimum atomic E-state index is -0.925. The van der Waals surface area contributed by atoms with Gasteiger partial charge in [-0.25, -0.2) is 13.6 Å². The smallest absolute Gasteiger partial charge is 0.341 e. The zero-order chi connectivity index (χ0) is 11.7. The molecule has 86 valence electrons. The average Bonchev–Trinajstić information content (AvgIpc) is 2.17. The molecule has 1 aromatic rings. The lowest BCUT2D eigenvalue weighted by atomic mass is 9.96. The van der Waals surface area contributed by atoms with Crippen LogP contribution in [0.25, 0.3) is 0 Å². The van der Waals surface area contributed by atoms with Crippen molar-refractivity contribution >= 4 is 11.7 Å². The normalized spacial score (nSPS) is 15.6. The van der Waals surface area contributed by atoms with E-state index >= 15 is 0 Å². The van der Waals surface area contributed by atoms with Crippen LogP contribution in [-0.4, -0.2) is 12.1 Å². The zero-order valence-electron chi connectivity index (χ0n) is 8.50. The van der Waals surface area contributed by atoms with Crippen molar-refractivity contribution in [3.05, 3.63) is 29.3 Å². The molecule has 0 saturated heterocycles. The van der Waals surface area contributed by atoms with Gasteiger partial charge in [-0.15, -0.1) is 0 Å². The molecule has 0 atom stereocenters. The zero-order valence-corrected chi connectivity index (χ0v) is 8.50. The largest absolute Gasteiger partial charge is 0.459 e. The van der Waals surface area contributed by atoms with Crippen molar-refractivity contribution in [3.8, 4) is 0 Å². The van der Waals surface area contributed by atoms with Gasteiger partial charge >= 0.3 is 5.97 Å². The summed E-state index contributed by atoms with van der Waals surface area (Å²) in [6.45, 7) is 0.